The van der Waals surface area contributed by atoms with Crippen LogP contribution < -0.4 is 4.74 Å². The third-order valence-electron chi connectivity index (χ3n) is 2.56. The number of halogens is 5. The Bertz CT molecular complexity index is 614. The monoisotopic (exact) mass is 364 g/mol. The molecule has 0 bridgehead atoms. The van der Waals surface area contributed by atoms with Crippen LogP contribution in [-0.2, 0) is 12.1 Å². The summed E-state index contributed by atoms with van der Waals surface area (Å²) in [6, 6.07) is 10.6. The average Bonchev–Trinajstić information content (AvgIpc) is 2.37. The van der Waals surface area contributed by atoms with Crippen molar-refractivity contribution in [1.29, 1.82) is 0 Å². The Hall–Kier alpha value is -1.20. The van der Waals surface area contributed by atoms with Gasteiger partial charge >= 0.3 is 6.18 Å². The third-order valence-corrected chi connectivity index (χ3v) is 3.34. The first-order chi connectivity index (χ1) is 9.40. The minimum Gasteiger partial charge on any atom is -0.457 e. The van der Waals surface area contributed by atoms with E-state index in [1.165, 1.54) is 12.1 Å². The molecule has 6 heteroatoms. The van der Waals surface area contributed by atoms with E-state index in [1.807, 2.05) is 0 Å². The molecule has 0 saturated heterocycles. The zero-order chi connectivity index (χ0) is 14.8. The smallest absolute Gasteiger partial charge is 0.416 e. The fraction of sp³-hybridized carbons (Fsp3) is 0.143. The summed E-state index contributed by atoms with van der Waals surface area (Å²) in [7, 11) is 0. The molecular formula is C14H9BrClF3O. The van der Waals surface area contributed by atoms with Crippen LogP contribution >= 0.6 is 27.5 Å². The molecule has 0 radical (unpaired) electrons. The SMILES string of the molecule is FC(F)(F)c1cc(Oc2cccc(Br)c2)ccc1CCl. The lowest BCUT2D eigenvalue weighted by atomic mass is 10.1. The molecule has 0 saturated carbocycles. The van der Waals surface area contributed by atoms with Gasteiger partial charge in [0.05, 0.1) is 5.56 Å². The van der Waals surface area contributed by atoms with Crippen molar-refractivity contribution in [3.63, 3.8) is 0 Å². The lowest BCUT2D eigenvalue weighted by molar-refractivity contribution is -0.138. The quantitative estimate of drug-likeness (QED) is 0.606. The number of hydrogen-bond donors (Lipinski definition) is 0. The summed E-state index contributed by atoms with van der Waals surface area (Å²) in [6.45, 7) is 0. The molecule has 0 aliphatic rings. The summed E-state index contributed by atoms with van der Waals surface area (Å²) in [5, 5.41) is 0. The van der Waals surface area contributed by atoms with Crippen molar-refractivity contribution in [3.8, 4) is 11.5 Å². The molecule has 1 nitrogen and oxygen atoms in total. The van der Waals surface area contributed by atoms with Crippen LogP contribution in [0.4, 0.5) is 13.2 Å². The Morgan fingerprint density at radius 2 is 1.75 bits per heavy atom. The summed E-state index contributed by atoms with van der Waals surface area (Å²) in [4.78, 5) is 0. The largest absolute Gasteiger partial charge is 0.457 e. The number of hydrogen-bond acceptors (Lipinski definition) is 1. The highest BCUT2D eigenvalue weighted by atomic mass is 79.9. The molecule has 0 fully saturated rings. The number of benzene rings is 2. The second kappa shape index (κ2) is 6.06. The van der Waals surface area contributed by atoms with Crippen LogP contribution in [0.1, 0.15) is 11.1 Å². The second-order valence-electron chi connectivity index (χ2n) is 4.01. The first kappa shape index (κ1) is 15.2. The van der Waals surface area contributed by atoms with Gasteiger partial charge in [-0.1, -0.05) is 28.1 Å². The molecule has 0 spiro atoms. The lowest BCUT2D eigenvalue weighted by Gasteiger charge is -2.13. The molecule has 2 aromatic rings. The molecule has 0 N–H and O–H groups in total. The Morgan fingerprint density at radius 3 is 2.35 bits per heavy atom. The predicted molar refractivity (Wildman–Crippen MR) is 75.2 cm³/mol. The van der Waals surface area contributed by atoms with E-state index in [4.69, 9.17) is 16.3 Å². The van der Waals surface area contributed by atoms with Crippen LogP contribution in [0.2, 0.25) is 0 Å². The fourth-order valence-electron chi connectivity index (χ4n) is 1.67. The minimum absolute atomic E-state index is 0.0285. The second-order valence-corrected chi connectivity index (χ2v) is 5.19. The number of ether oxygens (including phenoxy) is 1. The molecule has 0 aliphatic carbocycles. The lowest BCUT2D eigenvalue weighted by Crippen LogP contribution is -2.08. The zero-order valence-corrected chi connectivity index (χ0v) is 12.4. The van der Waals surface area contributed by atoms with Gasteiger partial charge in [0.2, 0.25) is 0 Å². The summed E-state index contributed by atoms with van der Waals surface area (Å²) in [6.07, 6.45) is -4.46. The highest BCUT2D eigenvalue weighted by Crippen LogP contribution is 2.36. The number of rotatable bonds is 3. The Morgan fingerprint density at radius 1 is 1.05 bits per heavy atom. The average molecular weight is 366 g/mol. The molecular weight excluding hydrogens is 357 g/mol. The Balaban J connectivity index is 2.34. The van der Waals surface area contributed by atoms with E-state index >= 15 is 0 Å². The van der Waals surface area contributed by atoms with E-state index in [0.29, 0.717) is 5.75 Å². The Kier molecular flexibility index (Phi) is 4.60. The topological polar surface area (TPSA) is 9.23 Å². The minimum atomic E-state index is -4.46. The van der Waals surface area contributed by atoms with Gasteiger partial charge in [0.15, 0.2) is 0 Å². The predicted octanol–water partition coefficient (Wildman–Crippen LogP) is 6.00. The maximum Gasteiger partial charge on any atom is 0.416 e. The van der Waals surface area contributed by atoms with E-state index < -0.39 is 11.7 Å². The van der Waals surface area contributed by atoms with Crippen molar-refractivity contribution < 1.29 is 17.9 Å². The van der Waals surface area contributed by atoms with Crippen molar-refractivity contribution >= 4 is 27.5 Å². The van der Waals surface area contributed by atoms with Crippen LogP contribution in [-0.4, -0.2) is 0 Å². The van der Waals surface area contributed by atoms with E-state index in [1.54, 1.807) is 24.3 Å². The third kappa shape index (κ3) is 3.67. The van der Waals surface area contributed by atoms with Gasteiger partial charge in [0.1, 0.15) is 11.5 Å². The van der Waals surface area contributed by atoms with Gasteiger partial charge in [0.25, 0.3) is 0 Å². The molecule has 0 unspecified atom stereocenters. The summed E-state index contributed by atoms with van der Waals surface area (Å²) in [5.74, 6) is 0.363. The normalized spacial score (nSPS) is 11.4. The van der Waals surface area contributed by atoms with Crippen LogP contribution in [0.5, 0.6) is 11.5 Å². The van der Waals surface area contributed by atoms with Crippen molar-refractivity contribution in [2.75, 3.05) is 0 Å². The highest BCUT2D eigenvalue weighted by molar-refractivity contribution is 9.10. The van der Waals surface area contributed by atoms with Crippen molar-refractivity contribution in [2.45, 2.75) is 12.1 Å². The van der Waals surface area contributed by atoms with E-state index in [2.05, 4.69) is 15.9 Å². The molecule has 20 heavy (non-hydrogen) atoms. The molecule has 2 rings (SSSR count). The molecule has 0 atom stereocenters. The Labute approximate surface area is 127 Å². The molecule has 0 aliphatic heterocycles. The molecule has 0 heterocycles. The van der Waals surface area contributed by atoms with Crippen LogP contribution in [0, 0.1) is 0 Å². The fourth-order valence-corrected chi connectivity index (χ4v) is 2.28. The van der Waals surface area contributed by atoms with Gasteiger partial charge in [-0.05, 0) is 35.9 Å². The van der Waals surface area contributed by atoms with Gasteiger partial charge in [-0.25, -0.2) is 0 Å². The standard InChI is InChI=1S/C14H9BrClF3O/c15-10-2-1-3-11(6-10)20-12-5-4-9(8-16)13(7-12)14(17,18)19/h1-7H,8H2. The maximum absolute atomic E-state index is 12.9. The first-order valence-corrected chi connectivity index (χ1v) is 6.92. The van der Waals surface area contributed by atoms with E-state index in [9.17, 15) is 13.2 Å². The van der Waals surface area contributed by atoms with Gasteiger partial charge in [-0.15, -0.1) is 11.6 Å². The summed E-state index contributed by atoms with van der Waals surface area (Å²) in [5.41, 5.74) is -0.749. The van der Waals surface area contributed by atoms with Gasteiger partial charge in [0, 0.05) is 10.4 Å². The van der Waals surface area contributed by atoms with Crippen molar-refractivity contribution in [1.82, 2.24) is 0 Å². The highest BCUT2D eigenvalue weighted by Gasteiger charge is 2.33. The van der Waals surface area contributed by atoms with Gasteiger partial charge in [-0.3, -0.25) is 0 Å². The zero-order valence-electron chi connectivity index (χ0n) is 10.0. The maximum atomic E-state index is 12.9. The van der Waals surface area contributed by atoms with E-state index in [0.717, 1.165) is 10.5 Å². The van der Waals surface area contributed by atoms with E-state index in [-0.39, 0.29) is 17.2 Å². The summed E-state index contributed by atoms with van der Waals surface area (Å²) >= 11 is 8.79. The van der Waals surface area contributed by atoms with Crippen LogP contribution in [0.3, 0.4) is 0 Å². The molecule has 0 aromatic heterocycles. The van der Waals surface area contributed by atoms with Crippen LogP contribution in [0.15, 0.2) is 46.9 Å². The van der Waals surface area contributed by atoms with Crippen molar-refractivity contribution in [3.05, 3.63) is 58.1 Å². The van der Waals surface area contributed by atoms with Gasteiger partial charge < -0.3 is 4.74 Å². The summed E-state index contributed by atoms with van der Waals surface area (Å²) < 4.78 is 44.9. The first-order valence-electron chi connectivity index (χ1n) is 5.59. The molecule has 106 valence electrons. The molecule has 0 amide bonds. The molecule has 2 aromatic carbocycles. The van der Waals surface area contributed by atoms with Crippen molar-refractivity contribution in [2.24, 2.45) is 0 Å². The number of alkyl halides is 4. The van der Waals surface area contributed by atoms with Crippen LogP contribution in [0.25, 0.3) is 0 Å². The van der Waals surface area contributed by atoms with Gasteiger partial charge in [-0.2, -0.15) is 13.2 Å².